The number of hydrogen-bond acceptors (Lipinski definition) is 8. The van der Waals surface area contributed by atoms with Gasteiger partial charge in [0.2, 0.25) is 0 Å². The van der Waals surface area contributed by atoms with Gasteiger partial charge in [0, 0.05) is 12.3 Å². The molecular weight excluding hydrogens is 508 g/mol. The first kappa shape index (κ1) is 35.0. The second-order valence-corrected chi connectivity index (χ2v) is 12.3. The van der Waals surface area contributed by atoms with E-state index >= 15 is 0 Å². The molecule has 0 saturated carbocycles. The summed E-state index contributed by atoms with van der Waals surface area (Å²) in [6.45, 7) is 1.52. The van der Waals surface area contributed by atoms with Gasteiger partial charge in [0.15, 0.2) is 11.8 Å². The van der Waals surface area contributed by atoms with E-state index in [0.29, 0.717) is 18.2 Å². The zero-order chi connectivity index (χ0) is 28.9. The van der Waals surface area contributed by atoms with Crippen molar-refractivity contribution in [3.8, 4) is 0 Å². The first-order valence-electron chi connectivity index (χ1n) is 16.4. The Kier molecular flexibility index (Phi) is 18.0. The lowest BCUT2D eigenvalue weighted by Gasteiger charge is -2.17. The van der Waals surface area contributed by atoms with Crippen molar-refractivity contribution >= 4 is 11.8 Å². The lowest BCUT2D eigenvalue weighted by atomic mass is 9.96. The largest absolute Gasteiger partial charge is 0.478 e. The zero-order valence-electron chi connectivity index (χ0n) is 25.5. The summed E-state index contributed by atoms with van der Waals surface area (Å²) in [5.74, 6) is 0.951. The minimum Gasteiger partial charge on any atom is -0.478 e. The molecule has 40 heavy (non-hydrogen) atoms. The van der Waals surface area contributed by atoms with Crippen LogP contribution in [-0.4, -0.2) is 82.9 Å². The number of ether oxygens (including phenoxy) is 2. The Hall–Kier alpha value is -1.22. The van der Waals surface area contributed by atoms with Gasteiger partial charge < -0.3 is 29.9 Å². The Labute approximate surface area is 243 Å². The summed E-state index contributed by atoms with van der Waals surface area (Å²) < 4.78 is 11.5. The molecule has 2 aliphatic heterocycles. The van der Waals surface area contributed by atoms with Crippen molar-refractivity contribution in [3.63, 3.8) is 0 Å². The number of hydrogen-bond donors (Lipinski definition) is 4. The van der Waals surface area contributed by atoms with Gasteiger partial charge in [-0.25, -0.2) is 9.98 Å². The van der Waals surface area contributed by atoms with Gasteiger partial charge in [-0.15, -0.1) is 0 Å². The molecule has 0 radical (unpaired) electrons. The second kappa shape index (κ2) is 20.6. The third-order valence-electron chi connectivity index (χ3n) is 8.56. The van der Waals surface area contributed by atoms with Crippen LogP contribution in [0.2, 0.25) is 0 Å². The van der Waals surface area contributed by atoms with Crippen LogP contribution >= 0.6 is 0 Å². The molecule has 4 N–H and O–H groups in total. The van der Waals surface area contributed by atoms with Crippen LogP contribution in [0.3, 0.4) is 0 Å². The molecule has 1 unspecified atom stereocenters. The number of aliphatic hydroxyl groups is 4. The highest BCUT2D eigenvalue weighted by Crippen LogP contribution is 2.29. The summed E-state index contributed by atoms with van der Waals surface area (Å²) in [5, 5.41) is 38.7. The van der Waals surface area contributed by atoms with Crippen molar-refractivity contribution in [1.82, 2.24) is 0 Å². The minimum absolute atomic E-state index is 0.0760. The molecule has 8 heteroatoms. The lowest BCUT2D eigenvalue weighted by molar-refractivity contribution is 0.0957. The van der Waals surface area contributed by atoms with Crippen molar-refractivity contribution in [2.45, 2.75) is 146 Å². The van der Waals surface area contributed by atoms with Gasteiger partial charge in [0.05, 0.1) is 26.4 Å². The molecule has 2 heterocycles. The van der Waals surface area contributed by atoms with Gasteiger partial charge in [-0.05, 0) is 6.42 Å². The van der Waals surface area contributed by atoms with E-state index in [0.717, 1.165) is 19.3 Å². The first-order chi connectivity index (χ1) is 19.6. The number of aliphatic hydroxyl groups excluding tert-OH is 4. The average molecular weight is 569 g/mol. The molecule has 0 fully saturated rings. The summed E-state index contributed by atoms with van der Waals surface area (Å²) in [6, 6.07) is 0. The van der Waals surface area contributed by atoms with Gasteiger partial charge in [0.1, 0.15) is 24.3 Å². The summed E-state index contributed by atoms with van der Waals surface area (Å²) in [6.07, 6.45) is 25.4. The van der Waals surface area contributed by atoms with E-state index in [2.05, 4.69) is 16.9 Å². The maximum Gasteiger partial charge on any atom is 0.187 e. The molecule has 1 atom stereocenters. The van der Waals surface area contributed by atoms with Gasteiger partial charge in [-0.1, -0.05) is 122 Å². The normalized spacial score (nSPS) is 18.3. The second-order valence-electron chi connectivity index (χ2n) is 12.3. The molecule has 2 aliphatic rings. The van der Waals surface area contributed by atoms with Crippen LogP contribution < -0.4 is 0 Å². The van der Waals surface area contributed by atoms with E-state index in [4.69, 9.17) is 9.47 Å². The van der Waals surface area contributed by atoms with E-state index in [9.17, 15) is 20.4 Å². The van der Waals surface area contributed by atoms with Gasteiger partial charge in [-0.2, -0.15) is 0 Å². The third-order valence-corrected chi connectivity index (χ3v) is 8.56. The number of nitrogens with zero attached hydrogens (tertiary/aromatic N) is 2. The smallest absolute Gasteiger partial charge is 0.187 e. The highest BCUT2D eigenvalue weighted by Gasteiger charge is 2.40. The van der Waals surface area contributed by atoms with Crippen molar-refractivity contribution < 1.29 is 29.9 Å². The lowest BCUT2D eigenvalue weighted by Crippen LogP contribution is -2.37. The van der Waals surface area contributed by atoms with Gasteiger partial charge in [-0.3, -0.25) is 0 Å². The molecule has 0 aromatic heterocycles. The predicted molar refractivity (Wildman–Crippen MR) is 162 cm³/mol. The van der Waals surface area contributed by atoms with Gasteiger partial charge >= 0.3 is 0 Å². The van der Waals surface area contributed by atoms with E-state index in [1.54, 1.807) is 0 Å². The van der Waals surface area contributed by atoms with E-state index < -0.39 is 11.1 Å². The summed E-state index contributed by atoms with van der Waals surface area (Å²) in [4.78, 5) is 9.02. The molecular formula is C32H60N2O6. The van der Waals surface area contributed by atoms with Crippen LogP contribution in [0.4, 0.5) is 0 Å². The fraction of sp³-hybridized carbons (Fsp3) is 0.938. The quantitative estimate of drug-likeness (QED) is 0.0988. The Morgan fingerprint density at radius 1 is 0.575 bits per heavy atom. The Balaban J connectivity index is 1.59. The molecule has 0 aromatic rings. The molecule has 0 amide bonds. The Morgan fingerprint density at radius 2 is 0.975 bits per heavy atom. The molecule has 2 rings (SSSR count). The molecule has 0 saturated heterocycles. The summed E-state index contributed by atoms with van der Waals surface area (Å²) >= 11 is 0. The summed E-state index contributed by atoms with van der Waals surface area (Å²) in [5.41, 5.74) is -1.97. The molecule has 0 bridgehead atoms. The van der Waals surface area contributed by atoms with E-state index in [-0.39, 0.29) is 45.6 Å². The molecule has 0 spiro atoms. The molecule has 234 valence electrons. The minimum atomic E-state index is -0.986. The SMILES string of the molecule is CCCCCCCCCCCCCCCCCCCCC(CC1=NC(CO)(CO)CO1)C1=NC(CO)(CO)CO1. The molecule has 8 nitrogen and oxygen atoms in total. The fourth-order valence-corrected chi connectivity index (χ4v) is 5.61. The van der Waals surface area contributed by atoms with Crippen LogP contribution in [0.25, 0.3) is 0 Å². The summed E-state index contributed by atoms with van der Waals surface area (Å²) in [7, 11) is 0. The maximum atomic E-state index is 9.72. The molecule has 0 aliphatic carbocycles. The Morgan fingerprint density at radius 3 is 1.38 bits per heavy atom. The predicted octanol–water partition coefficient (Wildman–Crippen LogP) is 5.73. The van der Waals surface area contributed by atoms with Crippen LogP contribution in [0.5, 0.6) is 0 Å². The molecule has 0 aromatic carbocycles. The van der Waals surface area contributed by atoms with Crippen molar-refractivity contribution in [2.24, 2.45) is 15.9 Å². The fourth-order valence-electron chi connectivity index (χ4n) is 5.61. The standard InChI is InChI=1S/C32H60N2O6/c1-2-3-4-5-6-7-8-9-10-11-12-13-14-15-16-17-18-19-20-28(30-34-32(24-37,25-38)27-40-30)21-29-33-31(22-35,23-36)26-39-29/h28,35-38H,2-27H2,1H3. The number of aliphatic imine (C=N–C) groups is 2. The number of unbranched alkanes of at least 4 members (excludes halogenated alkanes) is 17. The number of rotatable bonds is 26. The monoisotopic (exact) mass is 568 g/mol. The maximum absolute atomic E-state index is 9.72. The van der Waals surface area contributed by atoms with E-state index in [1.807, 2.05) is 0 Å². The van der Waals surface area contributed by atoms with Crippen LogP contribution in [0.1, 0.15) is 135 Å². The zero-order valence-corrected chi connectivity index (χ0v) is 25.5. The van der Waals surface area contributed by atoms with Crippen LogP contribution in [0, 0.1) is 5.92 Å². The average Bonchev–Trinajstić information content (AvgIpc) is 3.61. The van der Waals surface area contributed by atoms with Crippen molar-refractivity contribution in [1.29, 1.82) is 0 Å². The van der Waals surface area contributed by atoms with Crippen LogP contribution in [-0.2, 0) is 9.47 Å². The van der Waals surface area contributed by atoms with Gasteiger partial charge in [0.25, 0.3) is 0 Å². The van der Waals surface area contributed by atoms with Crippen molar-refractivity contribution in [2.75, 3.05) is 39.6 Å². The van der Waals surface area contributed by atoms with Crippen LogP contribution in [0.15, 0.2) is 9.98 Å². The van der Waals surface area contributed by atoms with Crippen molar-refractivity contribution in [3.05, 3.63) is 0 Å². The Bertz CT molecular complexity index is 706. The van der Waals surface area contributed by atoms with E-state index in [1.165, 1.54) is 103 Å². The third kappa shape index (κ3) is 12.7. The highest BCUT2D eigenvalue weighted by atomic mass is 16.5. The first-order valence-corrected chi connectivity index (χ1v) is 16.4. The topological polar surface area (TPSA) is 124 Å². The highest BCUT2D eigenvalue weighted by molar-refractivity contribution is 5.87.